The zero-order valence-electron chi connectivity index (χ0n) is 19.6. The van der Waals surface area contributed by atoms with Crippen LogP contribution in [0.2, 0.25) is 0 Å². The van der Waals surface area contributed by atoms with Crippen molar-refractivity contribution in [3.05, 3.63) is 29.8 Å². The fourth-order valence-corrected chi connectivity index (χ4v) is 5.37. The van der Waals surface area contributed by atoms with Crippen LogP contribution in [0.4, 0.5) is 5.69 Å². The normalized spacial score (nSPS) is 23.2. The molecule has 0 bridgehead atoms. The first-order chi connectivity index (χ1) is 14.0. The third-order valence-electron chi connectivity index (χ3n) is 6.08. The minimum atomic E-state index is 0.0937. The number of nitrogens with one attached hydrogen (secondary N) is 2. The smallest absolute Gasteiger partial charge is 0.169 e. The topological polar surface area (TPSA) is 39.8 Å². The zero-order chi connectivity index (χ0) is 21.9. The lowest BCUT2D eigenvalue weighted by molar-refractivity contribution is 0.0887. The van der Waals surface area contributed by atoms with Crippen LogP contribution >= 0.6 is 12.2 Å². The number of nitrogens with zero attached hydrogens (tertiary/aromatic N) is 2. The summed E-state index contributed by atoms with van der Waals surface area (Å²) in [4.78, 5) is 4.43. The van der Waals surface area contributed by atoms with E-state index in [4.69, 9.17) is 17.0 Å². The first-order valence-electron chi connectivity index (χ1n) is 11.3. The highest BCUT2D eigenvalue weighted by molar-refractivity contribution is 7.80. The number of ether oxygens (including phenoxy) is 1. The predicted molar refractivity (Wildman–Crippen MR) is 130 cm³/mol. The molecule has 6 heteroatoms. The van der Waals surface area contributed by atoms with E-state index in [9.17, 15) is 0 Å². The van der Waals surface area contributed by atoms with Gasteiger partial charge in [0.1, 0.15) is 0 Å². The van der Waals surface area contributed by atoms with Crippen molar-refractivity contribution in [2.45, 2.75) is 83.1 Å². The van der Waals surface area contributed by atoms with Crippen LogP contribution in [0.5, 0.6) is 0 Å². The molecule has 2 fully saturated rings. The molecule has 1 unspecified atom stereocenters. The van der Waals surface area contributed by atoms with Crippen LogP contribution < -0.4 is 15.5 Å². The van der Waals surface area contributed by atoms with Crippen LogP contribution in [0.15, 0.2) is 24.3 Å². The Labute approximate surface area is 188 Å². The van der Waals surface area contributed by atoms with Crippen LogP contribution in [0, 0.1) is 0 Å². The third-order valence-corrected chi connectivity index (χ3v) is 6.46. The Morgan fingerprint density at radius 1 is 1.13 bits per heavy atom. The molecule has 2 heterocycles. The number of hydrogen-bond donors (Lipinski definition) is 2. The molecule has 2 saturated heterocycles. The van der Waals surface area contributed by atoms with Gasteiger partial charge in [0.2, 0.25) is 0 Å². The maximum Gasteiger partial charge on any atom is 0.169 e. The van der Waals surface area contributed by atoms with Gasteiger partial charge in [0.15, 0.2) is 5.11 Å². The van der Waals surface area contributed by atoms with E-state index in [1.165, 1.54) is 11.3 Å². The average molecular weight is 433 g/mol. The Hall–Kier alpha value is -1.37. The molecule has 1 atom stereocenters. The van der Waals surface area contributed by atoms with Crippen molar-refractivity contribution >= 4 is 23.0 Å². The molecule has 0 aliphatic carbocycles. The predicted octanol–water partition coefficient (Wildman–Crippen LogP) is 3.92. The van der Waals surface area contributed by atoms with Crippen molar-refractivity contribution in [3.63, 3.8) is 0 Å². The maximum absolute atomic E-state index is 5.94. The lowest BCUT2D eigenvalue weighted by atomic mass is 9.80. The summed E-state index contributed by atoms with van der Waals surface area (Å²) in [5.41, 5.74) is 2.67. The second kappa shape index (κ2) is 9.41. The van der Waals surface area contributed by atoms with E-state index in [0.717, 1.165) is 50.5 Å². The average Bonchev–Trinajstić information content (AvgIpc) is 3.12. The number of benzene rings is 1. The molecular formula is C24H40N4OS. The molecule has 0 amide bonds. The Bertz CT molecular complexity index is 694. The Kier molecular flexibility index (Phi) is 7.31. The molecule has 0 saturated carbocycles. The van der Waals surface area contributed by atoms with Crippen molar-refractivity contribution in [2.75, 3.05) is 32.1 Å². The lowest BCUT2D eigenvalue weighted by Gasteiger charge is -2.47. The molecule has 0 spiro atoms. The summed E-state index contributed by atoms with van der Waals surface area (Å²) in [6.45, 7) is 11.6. The van der Waals surface area contributed by atoms with E-state index in [2.05, 4.69) is 86.5 Å². The Morgan fingerprint density at radius 3 is 2.30 bits per heavy atom. The van der Waals surface area contributed by atoms with E-state index in [1.54, 1.807) is 0 Å². The number of hydrogen-bond acceptors (Lipinski definition) is 4. The number of thiocarbonyl (C=S) groups is 1. The molecule has 168 valence electrons. The van der Waals surface area contributed by atoms with Gasteiger partial charge in [-0.05, 0) is 83.3 Å². The summed E-state index contributed by atoms with van der Waals surface area (Å²) in [5.74, 6) is 0. The monoisotopic (exact) mass is 432 g/mol. The molecular weight excluding hydrogens is 392 g/mol. The van der Waals surface area contributed by atoms with Gasteiger partial charge in [0, 0.05) is 56.6 Å². The molecule has 3 rings (SSSR count). The number of anilines is 1. The van der Waals surface area contributed by atoms with Gasteiger partial charge in [-0.15, -0.1) is 0 Å². The number of rotatable bonds is 6. The highest BCUT2D eigenvalue weighted by atomic mass is 32.1. The Balaban J connectivity index is 1.69. The van der Waals surface area contributed by atoms with Gasteiger partial charge in [0.05, 0.1) is 6.10 Å². The van der Waals surface area contributed by atoms with E-state index >= 15 is 0 Å². The van der Waals surface area contributed by atoms with Crippen LogP contribution in [0.3, 0.4) is 0 Å². The quantitative estimate of drug-likeness (QED) is 0.664. The minimum absolute atomic E-state index is 0.0937. The zero-order valence-corrected chi connectivity index (χ0v) is 20.4. The van der Waals surface area contributed by atoms with E-state index in [0.29, 0.717) is 6.04 Å². The molecule has 2 aliphatic heterocycles. The van der Waals surface area contributed by atoms with E-state index in [1.807, 2.05) is 0 Å². The van der Waals surface area contributed by atoms with Crippen LogP contribution in [-0.2, 0) is 11.3 Å². The second-order valence-electron chi connectivity index (χ2n) is 10.5. The van der Waals surface area contributed by atoms with Gasteiger partial charge >= 0.3 is 0 Å². The van der Waals surface area contributed by atoms with Crippen molar-refractivity contribution in [3.8, 4) is 0 Å². The van der Waals surface area contributed by atoms with Crippen molar-refractivity contribution in [1.29, 1.82) is 0 Å². The summed E-state index contributed by atoms with van der Waals surface area (Å²) in [7, 11) is 4.14. The van der Waals surface area contributed by atoms with Gasteiger partial charge in [-0.25, -0.2) is 0 Å². The SMILES string of the molecule is CN(C)c1ccc(CN(CC2CCCO2)C(=S)NC2CC(C)(C)NC(C)(C)C2)cc1. The maximum atomic E-state index is 5.94. The fourth-order valence-electron chi connectivity index (χ4n) is 5.06. The van der Waals surface area contributed by atoms with Gasteiger partial charge < -0.3 is 25.2 Å². The van der Waals surface area contributed by atoms with E-state index < -0.39 is 0 Å². The van der Waals surface area contributed by atoms with Gasteiger partial charge in [-0.3, -0.25) is 0 Å². The summed E-state index contributed by atoms with van der Waals surface area (Å²) < 4.78 is 5.93. The van der Waals surface area contributed by atoms with Crippen LogP contribution in [0.1, 0.15) is 58.9 Å². The summed E-state index contributed by atoms with van der Waals surface area (Å²) in [5, 5.41) is 8.31. The highest BCUT2D eigenvalue weighted by Gasteiger charge is 2.38. The minimum Gasteiger partial charge on any atom is -0.378 e. The van der Waals surface area contributed by atoms with Gasteiger partial charge in [-0.2, -0.15) is 0 Å². The molecule has 30 heavy (non-hydrogen) atoms. The molecule has 2 aliphatic rings. The molecule has 0 aromatic heterocycles. The molecule has 1 aromatic rings. The first kappa shape index (κ1) is 23.3. The van der Waals surface area contributed by atoms with Gasteiger partial charge in [-0.1, -0.05) is 12.1 Å². The number of piperidine rings is 1. The lowest BCUT2D eigenvalue weighted by Crippen LogP contribution is -2.63. The molecule has 1 aromatic carbocycles. The largest absolute Gasteiger partial charge is 0.378 e. The second-order valence-corrected chi connectivity index (χ2v) is 10.9. The van der Waals surface area contributed by atoms with Crippen LogP contribution in [-0.4, -0.2) is 60.5 Å². The van der Waals surface area contributed by atoms with Crippen molar-refractivity contribution in [2.24, 2.45) is 0 Å². The third kappa shape index (κ3) is 6.56. The van der Waals surface area contributed by atoms with Crippen molar-refractivity contribution < 1.29 is 4.74 Å². The molecule has 5 nitrogen and oxygen atoms in total. The fraction of sp³-hybridized carbons (Fsp3) is 0.708. The summed E-state index contributed by atoms with van der Waals surface area (Å²) in [6.07, 6.45) is 4.65. The highest BCUT2D eigenvalue weighted by Crippen LogP contribution is 2.29. The Morgan fingerprint density at radius 2 is 1.77 bits per heavy atom. The van der Waals surface area contributed by atoms with Crippen molar-refractivity contribution in [1.82, 2.24) is 15.5 Å². The standard InChI is InChI=1S/C24H40N4OS/c1-23(2)14-19(15-24(3,4)26-23)25-22(30)28(17-21-8-7-13-29-21)16-18-9-11-20(12-10-18)27(5)6/h9-12,19,21,26H,7-8,13-17H2,1-6H3,(H,25,30). The first-order valence-corrected chi connectivity index (χ1v) is 11.7. The van der Waals surface area contributed by atoms with Gasteiger partial charge in [0.25, 0.3) is 0 Å². The van der Waals surface area contributed by atoms with E-state index in [-0.39, 0.29) is 17.2 Å². The molecule has 2 N–H and O–H groups in total. The molecule has 0 radical (unpaired) electrons. The summed E-state index contributed by atoms with van der Waals surface area (Å²) in [6, 6.07) is 9.13. The summed E-state index contributed by atoms with van der Waals surface area (Å²) >= 11 is 5.94. The van der Waals surface area contributed by atoms with Crippen LogP contribution in [0.25, 0.3) is 0 Å².